The van der Waals surface area contributed by atoms with Crippen LogP contribution in [0.25, 0.3) is 0 Å². The van der Waals surface area contributed by atoms with Gasteiger partial charge in [0.1, 0.15) is 5.75 Å². The van der Waals surface area contributed by atoms with Crippen molar-refractivity contribution in [3.8, 4) is 5.75 Å². The van der Waals surface area contributed by atoms with Gasteiger partial charge in [0.2, 0.25) is 0 Å². The fraction of sp³-hybridized carbons (Fsp3) is 0.500. The predicted octanol–water partition coefficient (Wildman–Crippen LogP) is 1.43. The number of nitrogens with zero attached hydrogens (tertiary/aromatic N) is 1. The standard InChI is InChI=1S/C14H23N3O2/c1-4-16-14(15)17-9-13(18)11-6-5-7-12(8-11)19-10(2)3/h5-8,10,13,18H,4,9H2,1-3H3,(H3,15,16,17). The number of benzene rings is 1. The van der Waals surface area contributed by atoms with Crippen LogP contribution < -0.4 is 15.8 Å². The van der Waals surface area contributed by atoms with Gasteiger partial charge in [0.15, 0.2) is 5.96 Å². The molecular weight excluding hydrogens is 242 g/mol. The molecule has 19 heavy (non-hydrogen) atoms. The van der Waals surface area contributed by atoms with Crippen molar-refractivity contribution in [3.63, 3.8) is 0 Å². The zero-order valence-corrected chi connectivity index (χ0v) is 11.8. The van der Waals surface area contributed by atoms with E-state index < -0.39 is 6.10 Å². The van der Waals surface area contributed by atoms with Gasteiger partial charge in [0.05, 0.1) is 18.8 Å². The average molecular weight is 265 g/mol. The van der Waals surface area contributed by atoms with E-state index in [1.807, 2.05) is 45.0 Å². The monoisotopic (exact) mass is 265 g/mol. The third-order valence-electron chi connectivity index (χ3n) is 2.41. The van der Waals surface area contributed by atoms with E-state index in [1.165, 1.54) is 0 Å². The minimum absolute atomic E-state index is 0.106. The third kappa shape index (κ3) is 5.61. The second-order valence-corrected chi connectivity index (χ2v) is 4.51. The molecule has 0 aliphatic rings. The molecule has 1 atom stereocenters. The first-order valence-corrected chi connectivity index (χ1v) is 6.51. The number of nitrogens with two attached hydrogens (primary N) is 1. The Labute approximate surface area is 114 Å². The zero-order chi connectivity index (χ0) is 14.3. The largest absolute Gasteiger partial charge is 0.491 e. The number of ether oxygens (including phenoxy) is 1. The van der Waals surface area contributed by atoms with E-state index in [9.17, 15) is 5.11 Å². The lowest BCUT2D eigenvalue weighted by atomic mass is 10.1. The summed E-state index contributed by atoms with van der Waals surface area (Å²) in [7, 11) is 0. The van der Waals surface area contributed by atoms with Gasteiger partial charge in [-0.15, -0.1) is 0 Å². The van der Waals surface area contributed by atoms with Crippen LogP contribution in [0.4, 0.5) is 0 Å². The predicted molar refractivity (Wildman–Crippen MR) is 77.3 cm³/mol. The van der Waals surface area contributed by atoms with Crippen LogP contribution in [-0.2, 0) is 0 Å². The van der Waals surface area contributed by atoms with Crippen LogP contribution in [-0.4, -0.2) is 30.3 Å². The van der Waals surface area contributed by atoms with Crippen LogP contribution in [0.5, 0.6) is 5.75 Å². The molecule has 1 aromatic rings. The molecule has 5 heteroatoms. The molecule has 5 nitrogen and oxygen atoms in total. The minimum atomic E-state index is -0.687. The maximum atomic E-state index is 10.1. The van der Waals surface area contributed by atoms with Crippen LogP contribution in [0, 0.1) is 0 Å². The highest BCUT2D eigenvalue weighted by Gasteiger charge is 2.08. The van der Waals surface area contributed by atoms with E-state index in [2.05, 4.69) is 10.3 Å². The van der Waals surface area contributed by atoms with Crippen molar-refractivity contribution in [3.05, 3.63) is 29.8 Å². The molecule has 0 bridgehead atoms. The van der Waals surface area contributed by atoms with Gasteiger partial charge in [0, 0.05) is 6.54 Å². The van der Waals surface area contributed by atoms with Gasteiger partial charge in [-0.2, -0.15) is 0 Å². The van der Waals surface area contributed by atoms with Gasteiger partial charge in [-0.3, -0.25) is 4.99 Å². The number of hydrogen-bond acceptors (Lipinski definition) is 3. The SMILES string of the molecule is CCNC(N)=NCC(O)c1cccc(OC(C)C)c1. The molecule has 106 valence electrons. The quantitative estimate of drug-likeness (QED) is 0.537. The lowest BCUT2D eigenvalue weighted by molar-refractivity contribution is 0.185. The normalized spacial score (nSPS) is 13.4. The maximum Gasteiger partial charge on any atom is 0.188 e. The highest BCUT2D eigenvalue weighted by molar-refractivity contribution is 5.77. The van der Waals surface area contributed by atoms with E-state index in [0.717, 1.165) is 11.3 Å². The van der Waals surface area contributed by atoms with Gasteiger partial charge in [0.25, 0.3) is 0 Å². The van der Waals surface area contributed by atoms with Crippen molar-refractivity contribution < 1.29 is 9.84 Å². The summed E-state index contributed by atoms with van der Waals surface area (Å²) in [6.45, 7) is 6.80. The van der Waals surface area contributed by atoms with E-state index in [0.29, 0.717) is 12.5 Å². The Morgan fingerprint density at radius 3 is 2.84 bits per heavy atom. The van der Waals surface area contributed by atoms with Crippen LogP contribution in [0.2, 0.25) is 0 Å². The van der Waals surface area contributed by atoms with Crippen LogP contribution in [0.15, 0.2) is 29.3 Å². The van der Waals surface area contributed by atoms with Crippen LogP contribution in [0.3, 0.4) is 0 Å². The summed E-state index contributed by atoms with van der Waals surface area (Å²) < 4.78 is 5.59. The Bertz CT molecular complexity index is 419. The number of nitrogens with one attached hydrogen (secondary N) is 1. The van der Waals surface area contributed by atoms with Crippen molar-refractivity contribution in [2.24, 2.45) is 10.7 Å². The number of guanidine groups is 1. The van der Waals surface area contributed by atoms with Gasteiger partial charge in [-0.05, 0) is 38.5 Å². The highest BCUT2D eigenvalue weighted by Crippen LogP contribution is 2.20. The number of aliphatic hydroxyl groups excluding tert-OH is 1. The van der Waals surface area contributed by atoms with Gasteiger partial charge in [-0.25, -0.2) is 0 Å². The molecule has 0 aliphatic heterocycles. The molecule has 0 fully saturated rings. The van der Waals surface area contributed by atoms with E-state index in [-0.39, 0.29) is 12.6 Å². The maximum absolute atomic E-state index is 10.1. The summed E-state index contributed by atoms with van der Waals surface area (Å²) in [5, 5.41) is 12.9. The second kappa shape index (κ2) is 7.63. The molecular formula is C14H23N3O2. The fourth-order valence-electron chi connectivity index (χ4n) is 1.59. The molecule has 0 amide bonds. The number of rotatable bonds is 6. The molecule has 0 heterocycles. The van der Waals surface area contributed by atoms with Gasteiger partial charge < -0.3 is 20.9 Å². The van der Waals surface area contributed by atoms with Crippen molar-refractivity contribution in [1.29, 1.82) is 0 Å². The van der Waals surface area contributed by atoms with E-state index in [4.69, 9.17) is 10.5 Å². The number of aliphatic hydroxyl groups is 1. The summed E-state index contributed by atoms with van der Waals surface area (Å²) in [6, 6.07) is 7.39. The first-order chi connectivity index (χ1) is 9.02. The molecule has 0 saturated carbocycles. The topological polar surface area (TPSA) is 79.9 Å². The average Bonchev–Trinajstić information content (AvgIpc) is 2.36. The summed E-state index contributed by atoms with van der Waals surface area (Å²) in [6.07, 6.45) is -0.581. The summed E-state index contributed by atoms with van der Waals surface area (Å²) >= 11 is 0. The Kier molecular flexibility index (Phi) is 6.15. The van der Waals surface area contributed by atoms with Crippen molar-refractivity contribution in [2.75, 3.05) is 13.1 Å². The lowest BCUT2D eigenvalue weighted by Gasteiger charge is -2.13. The Morgan fingerprint density at radius 1 is 1.47 bits per heavy atom. The summed E-state index contributed by atoms with van der Waals surface area (Å²) in [5.41, 5.74) is 6.38. The van der Waals surface area contributed by atoms with Gasteiger partial charge >= 0.3 is 0 Å². The Hall–Kier alpha value is -1.75. The van der Waals surface area contributed by atoms with Crippen molar-refractivity contribution in [1.82, 2.24) is 5.32 Å². The second-order valence-electron chi connectivity index (χ2n) is 4.51. The minimum Gasteiger partial charge on any atom is -0.491 e. The molecule has 0 saturated heterocycles. The highest BCUT2D eigenvalue weighted by atomic mass is 16.5. The first-order valence-electron chi connectivity index (χ1n) is 6.51. The lowest BCUT2D eigenvalue weighted by Crippen LogP contribution is -2.31. The van der Waals surface area contributed by atoms with Crippen molar-refractivity contribution in [2.45, 2.75) is 33.0 Å². The first kappa shape index (κ1) is 15.3. The third-order valence-corrected chi connectivity index (χ3v) is 2.41. The van der Waals surface area contributed by atoms with Gasteiger partial charge in [-0.1, -0.05) is 12.1 Å². The zero-order valence-electron chi connectivity index (χ0n) is 11.8. The molecule has 1 aromatic carbocycles. The Morgan fingerprint density at radius 2 is 2.21 bits per heavy atom. The molecule has 1 unspecified atom stereocenters. The molecule has 4 N–H and O–H groups in total. The summed E-state index contributed by atoms with van der Waals surface area (Å²) in [4.78, 5) is 4.07. The fourth-order valence-corrected chi connectivity index (χ4v) is 1.59. The number of hydrogen-bond donors (Lipinski definition) is 3. The molecule has 1 rings (SSSR count). The molecule has 0 aromatic heterocycles. The van der Waals surface area contributed by atoms with Crippen LogP contribution in [0.1, 0.15) is 32.4 Å². The van der Waals surface area contributed by atoms with Crippen molar-refractivity contribution >= 4 is 5.96 Å². The number of aliphatic imine (C=N–C) groups is 1. The van der Waals surface area contributed by atoms with E-state index in [1.54, 1.807) is 0 Å². The Balaban J connectivity index is 2.66. The molecule has 0 radical (unpaired) electrons. The molecule has 0 spiro atoms. The van der Waals surface area contributed by atoms with E-state index >= 15 is 0 Å². The smallest absolute Gasteiger partial charge is 0.188 e. The summed E-state index contributed by atoms with van der Waals surface area (Å²) in [5.74, 6) is 1.09. The van der Waals surface area contributed by atoms with Crippen LogP contribution >= 0.6 is 0 Å². The molecule has 0 aliphatic carbocycles.